The van der Waals surface area contributed by atoms with E-state index in [0.29, 0.717) is 11.4 Å². The van der Waals surface area contributed by atoms with Gasteiger partial charge in [0.05, 0.1) is 0 Å². The first-order chi connectivity index (χ1) is 10.1. The van der Waals surface area contributed by atoms with Crippen LogP contribution in [0.5, 0.6) is 5.75 Å². The molecule has 0 saturated carbocycles. The van der Waals surface area contributed by atoms with Crippen LogP contribution in [-0.4, -0.2) is 10.9 Å². The van der Waals surface area contributed by atoms with Crippen LogP contribution >= 0.6 is 11.6 Å². The maximum atomic E-state index is 12.0. The molecule has 106 valence electrons. The number of phenolic OH excluding ortho intramolecular Hbond substituents is 1. The average Bonchev–Trinajstić information content (AvgIpc) is 2.48. The number of aromatic hydroxyl groups is 1. The number of benzene rings is 2. The van der Waals surface area contributed by atoms with E-state index in [0.717, 1.165) is 23.1 Å². The summed E-state index contributed by atoms with van der Waals surface area (Å²) in [4.78, 5) is 12.0. The third-order valence-electron chi connectivity index (χ3n) is 3.83. The molecule has 0 aliphatic heterocycles. The quantitative estimate of drug-likeness (QED) is 0.881. The lowest BCUT2D eigenvalue weighted by Crippen LogP contribution is -2.12. The molecule has 0 unspecified atom stereocenters. The van der Waals surface area contributed by atoms with Gasteiger partial charge in [0.25, 0.3) is 0 Å². The van der Waals surface area contributed by atoms with Crippen molar-refractivity contribution in [2.75, 3.05) is 0 Å². The van der Waals surface area contributed by atoms with Crippen molar-refractivity contribution in [2.45, 2.75) is 18.8 Å². The summed E-state index contributed by atoms with van der Waals surface area (Å²) in [5.74, 6) is 0.559. The Balaban J connectivity index is 1.88. The molecule has 1 aliphatic rings. The minimum atomic E-state index is 0.143. The molecule has 3 rings (SSSR count). The van der Waals surface area contributed by atoms with Crippen molar-refractivity contribution in [1.29, 1.82) is 0 Å². The third kappa shape index (κ3) is 3.17. The molecule has 0 aromatic heterocycles. The van der Waals surface area contributed by atoms with Crippen molar-refractivity contribution in [2.24, 2.45) is 0 Å². The molecule has 0 radical (unpaired) electrons. The molecule has 2 aromatic carbocycles. The molecule has 0 amide bonds. The van der Waals surface area contributed by atoms with Crippen molar-refractivity contribution in [3.8, 4) is 5.75 Å². The number of ketones is 1. The summed E-state index contributed by atoms with van der Waals surface area (Å²) in [6, 6.07) is 14.7. The van der Waals surface area contributed by atoms with Gasteiger partial charge in [0.15, 0.2) is 5.78 Å². The van der Waals surface area contributed by atoms with E-state index in [4.69, 9.17) is 11.6 Å². The molecule has 1 atom stereocenters. The van der Waals surface area contributed by atoms with E-state index in [9.17, 15) is 9.90 Å². The largest absolute Gasteiger partial charge is 0.508 e. The summed E-state index contributed by atoms with van der Waals surface area (Å²) in [7, 11) is 0. The van der Waals surface area contributed by atoms with E-state index in [2.05, 4.69) is 0 Å². The summed E-state index contributed by atoms with van der Waals surface area (Å²) in [5.41, 5.74) is 3.14. The summed E-state index contributed by atoms with van der Waals surface area (Å²) < 4.78 is 0. The van der Waals surface area contributed by atoms with Gasteiger partial charge in [0.1, 0.15) is 5.75 Å². The van der Waals surface area contributed by atoms with Gasteiger partial charge in [-0.2, -0.15) is 0 Å². The van der Waals surface area contributed by atoms with Crippen LogP contribution in [-0.2, 0) is 4.79 Å². The lowest BCUT2D eigenvalue weighted by molar-refractivity contribution is -0.115. The fourth-order valence-corrected chi connectivity index (χ4v) is 2.87. The molecule has 1 N–H and O–H groups in total. The second kappa shape index (κ2) is 5.74. The van der Waals surface area contributed by atoms with Gasteiger partial charge >= 0.3 is 0 Å². The van der Waals surface area contributed by atoms with E-state index in [1.165, 1.54) is 0 Å². The topological polar surface area (TPSA) is 37.3 Å². The van der Waals surface area contributed by atoms with Crippen molar-refractivity contribution in [3.63, 3.8) is 0 Å². The highest BCUT2D eigenvalue weighted by molar-refractivity contribution is 6.30. The van der Waals surface area contributed by atoms with Gasteiger partial charge < -0.3 is 5.11 Å². The zero-order valence-corrected chi connectivity index (χ0v) is 12.2. The number of hydrogen-bond donors (Lipinski definition) is 1. The van der Waals surface area contributed by atoms with Gasteiger partial charge in [0, 0.05) is 11.4 Å². The molecule has 21 heavy (non-hydrogen) atoms. The Morgan fingerprint density at radius 1 is 0.952 bits per heavy atom. The first-order valence-electron chi connectivity index (χ1n) is 6.90. The zero-order valence-electron chi connectivity index (χ0n) is 11.4. The Labute approximate surface area is 128 Å². The van der Waals surface area contributed by atoms with Gasteiger partial charge in [-0.3, -0.25) is 4.79 Å². The molecule has 1 aliphatic carbocycles. The van der Waals surface area contributed by atoms with Crippen molar-refractivity contribution >= 4 is 23.0 Å². The molecule has 2 nitrogen and oxygen atoms in total. The summed E-state index contributed by atoms with van der Waals surface area (Å²) in [5, 5.41) is 10.1. The maximum absolute atomic E-state index is 12.0. The van der Waals surface area contributed by atoms with Crippen LogP contribution in [0, 0.1) is 0 Å². The Kier molecular flexibility index (Phi) is 3.80. The van der Waals surface area contributed by atoms with Crippen LogP contribution in [0.1, 0.15) is 29.9 Å². The number of phenols is 1. The molecule has 0 heterocycles. The van der Waals surface area contributed by atoms with Gasteiger partial charge in [-0.25, -0.2) is 0 Å². The predicted molar refractivity (Wildman–Crippen MR) is 84.5 cm³/mol. The normalized spacial score (nSPS) is 18.4. The number of carbonyl (C=O) groups is 1. The highest BCUT2D eigenvalue weighted by Crippen LogP contribution is 2.36. The molecule has 2 aromatic rings. The Bertz CT molecular complexity index is 684. The smallest absolute Gasteiger partial charge is 0.156 e. The Hall–Kier alpha value is -2.06. The van der Waals surface area contributed by atoms with E-state index in [-0.39, 0.29) is 17.5 Å². The third-order valence-corrected chi connectivity index (χ3v) is 4.08. The predicted octanol–water partition coefficient (Wildman–Crippen LogP) is 4.58. The van der Waals surface area contributed by atoms with Crippen LogP contribution in [0.15, 0.2) is 54.6 Å². The number of halogens is 1. The number of allylic oxidation sites excluding steroid dienone is 2. The standard InChI is InChI=1S/C18H15ClO2/c19-16-5-1-12(2-6-16)14-9-15(11-18(21)10-14)13-3-7-17(20)8-4-13/h1-8,11,14,20H,9-10H2/t14-/m1/s1. The highest BCUT2D eigenvalue weighted by Gasteiger charge is 2.22. The maximum Gasteiger partial charge on any atom is 0.156 e. The van der Waals surface area contributed by atoms with Gasteiger partial charge in [0.2, 0.25) is 0 Å². The molecular formula is C18H15ClO2. The van der Waals surface area contributed by atoms with E-state index >= 15 is 0 Å². The summed E-state index contributed by atoms with van der Waals surface area (Å²) in [6.45, 7) is 0. The van der Waals surface area contributed by atoms with Crippen LogP contribution in [0.4, 0.5) is 0 Å². The average molecular weight is 299 g/mol. The van der Waals surface area contributed by atoms with Crippen LogP contribution in [0.3, 0.4) is 0 Å². The minimum absolute atomic E-state index is 0.143. The van der Waals surface area contributed by atoms with Crippen LogP contribution < -0.4 is 0 Å². The van der Waals surface area contributed by atoms with Gasteiger partial charge in [-0.1, -0.05) is 35.9 Å². The van der Waals surface area contributed by atoms with Crippen molar-refractivity contribution in [3.05, 3.63) is 70.8 Å². The SMILES string of the molecule is O=C1C=C(c2ccc(O)cc2)C[C@@H](c2ccc(Cl)cc2)C1. The van der Waals surface area contributed by atoms with Gasteiger partial charge in [-0.15, -0.1) is 0 Å². The number of carbonyl (C=O) groups excluding carboxylic acids is 1. The monoisotopic (exact) mass is 298 g/mol. The van der Waals surface area contributed by atoms with E-state index in [1.807, 2.05) is 36.4 Å². The Morgan fingerprint density at radius 3 is 2.29 bits per heavy atom. The zero-order chi connectivity index (χ0) is 14.8. The van der Waals surface area contributed by atoms with Crippen molar-refractivity contribution < 1.29 is 9.90 Å². The fraction of sp³-hybridized carbons (Fsp3) is 0.167. The van der Waals surface area contributed by atoms with E-state index < -0.39 is 0 Å². The minimum Gasteiger partial charge on any atom is -0.508 e. The fourth-order valence-electron chi connectivity index (χ4n) is 2.74. The first-order valence-corrected chi connectivity index (χ1v) is 7.28. The number of rotatable bonds is 2. The second-order valence-electron chi connectivity index (χ2n) is 5.34. The molecule has 0 bridgehead atoms. The van der Waals surface area contributed by atoms with Crippen molar-refractivity contribution in [1.82, 2.24) is 0 Å². The van der Waals surface area contributed by atoms with Gasteiger partial charge in [-0.05, 0) is 59.4 Å². The van der Waals surface area contributed by atoms with Crippen LogP contribution in [0.25, 0.3) is 5.57 Å². The summed E-state index contributed by atoms with van der Waals surface area (Å²) in [6.07, 6.45) is 3.07. The molecule has 0 saturated heterocycles. The lowest BCUT2D eigenvalue weighted by atomic mass is 9.81. The second-order valence-corrected chi connectivity index (χ2v) is 5.78. The van der Waals surface area contributed by atoms with Crippen LogP contribution in [0.2, 0.25) is 5.02 Å². The molecular weight excluding hydrogens is 284 g/mol. The summed E-state index contributed by atoms with van der Waals surface area (Å²) >= 11 is 5.92. The number of hydrogen-bond acceptors (Lipinski definition) is 2. The first kappa shape index (κ1) is 13.9. The molecule has 3 heteroatoms. The Morgan fingerprint density at radius 2 is 1.62 bits per heavy atom. The molecule has 0 spiro atoms. The highest BCUT2D eigenvalue weighted by atomic mass is 35.5. The molecule has 0 fully saturated rings. The van der Waals surface area contributed by atoms with E-state index in [1.54, 1.807) is 18.2 Å². The lowest BCUT2D eigenvalue weighted by Gasteiger charge is -2.22.